The molecule has 0 spiro atoms. The summed E-state index contributed by atoms with van der Waals surface area (Å²) in [5.74, 6) is 1.90. The molecule has 19 heavy (non-hydrogen) atoms. The second kappa shape index (κ2) is 4.96. The molecule has 3 rings (SSSR count). The Morgan fingerprint density at radius 1 is 1.11 bits per heavy atom. The quantitative estimate of drug-likeness (QED) is 0.819. The van der Waals surface area contributed by atoms with E-state index in [1.807, 2.05) is 32.0 Å². The third kappa shape index (κ3) is 2.58. The summed E-state index contributed by atoms with van der Waals surface area (Å²) in [7, 11) is 0. The summed E-state index contributed by atoms with van der Waals surface area (Å²) in [5.41, 5.74) is 2.46. The molecule has 0 bridgehead atoms. The molecule has 98 valence electrons. The van der Waals surface area contributed by atoms with E-state index in [2.05, 4.69) is 30.3 Å². The molecule has 0 saturated carbocycles. The molecule has 0 radical (unpaired) electrons. The predicted octanol–water partition coefficient (Wildman–Crippen LogP) is 4.15. The minimum atomic E-state index is 0.130. The lowest BCUT2D eigenvalue weighted by atomic mass is 10.0. The average molecular weight is 254 g/mol. The number of benzene rings is 2. The molecule has 1 aliphatic heterocycles. The highest BCUT2D eigenvalue weighted by Crippen LogP contribution is 2.38. The lowest BCUT2D eigenvalue weighted by Gasteiger charge is -2.10. The van der Waals surface area contributed by atoms with E-state index in [0.29, 0.717) is 0 Å². The highest BCUT2D eigenvalue weighted by atomic mass is 16.5. The molecular formula is C17H18O2. The Kier molecular flexibility index (Phi) is 3.16. The standard InChI is InChI=1S/C17H18O2/c1-12(2)18-15-8-9-16-14(10-15)11-17(19-16)13-6-4-3-5-7-13/h3-10,12,17H,11H2,1-2H3. The molecule has 0 aliphatic carbocycles. The largest absolute Gasteiger partial charge is 0.491 e. The third-order valence-corrected chi connectivity index (χ3v) is 3.25. The van der Waals surface area contributed by atoms with Crippen LogP contribution in [0.1, 0.15) is 31.1 Å². The van der Waals surface area contributed by atoms with Crippen molar-refractivity contribution < 1.29 is 9.47 Å². The van der Waals surface area contributed by atoms with Gasteiger partial charge in [0, 0.05) is 12.0 Å². The van der Waals surface area contributed by atoms with Crippen LogP contribution in [0.3, 0.4) is 0 Å². The van der Waals surface area contributed by atoms with E-state index in [9.17, 15) is 0 Å². The fourth-order valence-electron chi connectivity index (χ4n) is 2.42. The first-order valence-electron chi connectivity index (χ1n) is 6.73. The summed E-state index contributed by atoms with van der Waals surface area (Å²) in [5, 5.41) is 0. The van der Waals surface area contributed by atoms with Crippen molar-refractivity contribution in [1.82, 2.24) is 0 Å². The fourth-order valence-corrected chi connectivity index (χ4v) is 2.42. The van der Waals surface area contributed by atoms with Crippen LogP contribution < -0.4 is 9.47 Å². The molecule has 1 aliphatic rings. The van der Waals surface area contributed by atoms with Gasteiger partial charge >= 0.3 is 0 Å². The van der Waals surface area contributed by atoms with Crippen molar-refractivity contribution in [2.24, 2.45) is 0 Å². The second-order valence-electron chi connectivity index (χ2n) is 5.16. The number of ether oxygens (including phenoxy) is 2. The summed E-state index contributed by atoms with van der Waals surface area (Å²) in [4.78, 5) is 0. The fraction of sp³-hybridized carbons (Fsp3) is 0.294. The Balaban J connectivity index is 1.81. The smallest absolute Gasteiger partial charge is 0.128 e. The zero-order valence-electron chi connectivity index (χ0n) is 11.3. The maximum atomic E-state index is 6.00. The van der Waals surface area contributed by atoms with Gasteiger partial charge in [-0.25, -0.2) is 0 Å². The van der Waals surface area contributed by atoms with Crippen LogP contribution in [0.5, 0.6) is 11.5 Å². The van der Waals surface area contributed by atoms with E-state index < -0.39 is 0 Å². The van der Waals surface area contributed by atoms with E-state index >= 15 is 0 Å². The lowest BCUT2D eigenvalue weighted by molar-refractivity contribution is 0.237. The van der Waals surface area contributed by atoms with Crippen molar-refractivity contribution in [1.29, 1.82) is 0 Å². The summed E-state index contributed by atoms with van der Waals surface area (Å²) >= 11 is 0. The Labute approximate surface area is 114 Å². The molecule has 2 aromatic rings. The zero-order valence-corrected chi connectivity index (χ0v) is 11.3. The second-order valence-corrected chi connectivity index (χ2v) is 5.16. The minimum Gasteiger partial charge on any atom is -0.491 e. The maximum absolute atomic E-state index is 6.00. The maximum Gasteiger partial charge on any atom is 0.128 e. The SMILES string of the molecule is CC(C)Oc1ccc2c(c1)CC(c1ccccc1)O2. The van der Waals surface area contributed by atoms with Gasteiger partial charge in [0.25, 0.3) is 0 Å². The molecule has 2 heteroatoms. The van der Waals surface area contributed by atoms with Crippen LogP contribution in [0.2, 0.25) is 0 Å². The summed E-state index contributed by atoms with van der Waals surface area (Å²) in [6, 6.07) is 16.4. The van der Waals surface area contributed by atoms with Gasteiger partial charge in [0.2, 0.25) is 0 Å². The van der Waals surface area contributed by atoms with Crippen LogP contribution in [-0.2, 0) is 6.42 Å². The van der Waals surface area contributed by atoms with Crippen LogP contribution in [-0.4, -0.2) is 6.10 Å². The first-order valence-corrected chi connectivity index (χ1v) is 6.73. The summed E-state index contributed by atoms with van der Waals surface area (Å²) in [6.45, 7) is 4.08. The van der Waals surface area contributed by atoms with Crippen molar-refractivity contribution >= 4 is 0 Å². The molecule has 1 heterocycles. The minimum absolute atomic E-state index is 0.130. The molecule has 1 atom stereocenters. The lowest BCUT2D eigenvalue weighted by Crippen LogP contribution is -2.05. The van der Waals surface area contributed by atoms with E-state index in [4.69, 9.17) is 9.47 Å². The first-order chi connectivity index (χ1) is 9.22. The third-order valence-electron chi connectivity index (χ3n) is 3.25. The van der Waals surface area contributed by atoms with Crippen LogP contribution in [0.4, 0.5) is 0 Å². The summed E-state index contributed by atoms with van der Waals surface area (Å²) < 4.78 is 11.7. The van der Waals surface area contributed by atoms with Crippen molar-refractivity contribution in [2.75, 3.05) is 0 Å². The van der Waals surface area contributed by atoms with Crippen molar-refractivity contribution in [3.05, 3.63) is 59.7 Å². The first kappa shape index (κ1) is 12.1. The molecule has 0 N–H and O–H groups in total. The van der Waals surface area contributed by atoms with Gasteiger partial charge in [0.15, 0.2) is 0 Å². The number of hydrogen-bond donors (Lipinski definition) is 0. The van der Waals surface area contributed by atoms with Crippen molar-refractivity contribution in [2.45, 2.75) is 32.5 Å². The van der Waals surface area contributed by atoms with Crippen LogP contribution in [0.25, 0.3) is 0 Å². The van der Waals surface area contributed by atoms with Gasteiger partial charge in [0.05, 0.1) is 6.10 Å². The topological polar surface area (TPSA) is 18.5 Å². The monoisotopic (exact) mass is 254 g/mol. The number of rotatable bonds is 3. The van der Waals surface area contributed by atoms with Gasteiger partial charge in [0.1, 0.15) is 17.6 Å². The van der Waals surface area contributed by atoms with Crippen molar-refractivity contribution in [3.8, 4) is 11.5 Å². The van der Waals surface area contributed by atoms with Gasteiger partial charge in [-0.1, -0.05) is 30.3 Å². The van der Waals surface area contributed by atoms with Crippen LogP contribution in [0, 0.1) is 0 Å². The zero-order chi connectivity index (χ0) is 13.2. The normalized spacial score (nSPS) is 17.1. The highest BCUT2D eigenvalue weighted by molar-refractivity contribution is 5.44. The molecule has 0 fully saturated rings. The van der Waals surface area contributed by atoms with Gasteiger partial charge in [-0.15, -0.1) is 0 Å². The van der Waals surface area contributed by atoms with Gasteiger partial charge in [-0.3, -0.25) is 0 Å². The number of fused-ring (bicyclic) bond motifs is 1. The molecule has 0 amide bonds. The Morgan fingerprint density at radius 2 is 1.89 bits per heavy atom. The van der Waals surface area contributed by atoms with Gasteiger partial charge in [-0.2, -0.15) is 0 Å². The van der Waals surface area contributed by atoms with Crippen molar-refractivity contribution in [3.63, 3.8) is 0 Å². The molecule has 0 saturated heterocycles. The Hall–Kier alpha value is -1.96. The van der Waals surface area contributed by atoms with Gasteiger partial charge in [-0.05, 0) is 37.6 Å². The predicted molar refractivity (Wildman–Crippen MR) is 75.7 cm³/mol. The highest BCUT2D eigenvalue weighted by Gasteiger charge is 2.24. The molecular weight excluding hydrogens is 236 g/mol. The van der Waals surface area contributed by atoms with E-state index in [0.717, 1.165) is 17.9 Å². The van der Waals surface area contributed by atoms with E-state index in [1.165, 1.54) is 11.1 Å². The molecule has 2 aromatic carbocycles. The summed E-state index contributed by atoms with van der Waals surface area (Å²) in [6.07, 6.45) is 1.24. The van der Waals surface area contributed by atoms with E-state index in [-0.39, 0.29) is 12.2 Å². The van der Waals surface area contributed by atoms with Crippen LogP contribution >= 0.6 is 0 Å². The molecule has 0 aromatic heterocycles. The van der Waals surface area contributed by atoms with Crippen LogP contribution in [0.15, 0.2) is 48.5 Å². The molecule has 1 unspecified atom stereocenters. The van der Waals surface area contributed by atoms with Gasteiger partial charge < -0.3 is 9.47 Å². The average Bonchev–Trinajstić information content (AvgIpc) is 2.82. The Morgan fingerprint density at radius 3 is 2.63 bits per heavy atom. The Bertz CT molecular complexity index is 561. The van der Waals surface area contributed by atoms with E-state index in [1.54, 1.807) is 0 Å². The molecule has 2 nitrogen and oxygen atoms in total. The number of hydrogen-bond acceptors (Lipinski definition) is 2.